The van der Waals surface area contributed by atoms with Crippen LogP contribution in [0, 0.1) is 5.92 Å². The second-order valence-corrected chi connectivity index (χ2v) is 6.45. The third-order valence-corrected chi connectivity index (χ3v) is 4.39. The van der Waals surface area contributed by atoms with E-state index in [1.54, 1.807) is 0 Å². The smallest absolute Gasteiger partial charge is 0.225 e. The second kappa shape index (κ2) is 7.00. The first-order valence-electron chi connectivity index (χ1n) is 7.51. The number of hydrogen-bond acceptors (Lipinski definition) is 3. The lowest BCUT2D eigenvalue weighted by atomic mass is 9.98. The molecule has 1 fully saturated rings. The van der Waals surface area contributed by atoms with Crippen LogP contribution in [0.5, 0.6) is 0 Å². The maximum absolute atomic E-state index is 12.1. The van der Waals surface area contributed by atoms with Crippen LogP contribution in [0.3, 0.4) is 0 Å². The molecule has 0 bridgehead atoms. The molecule has 1 unspecified atom stereocenters. The highest BCUT2D eigenvalue weighted by atomic mass is 79.9. The Balaban J connectivity index is 1.56. The zero-order valence-corrected chi connectivity index (χ0v) is 14.1. The molecule has 0 saturated carbocycles. The van der Waals surface area contributed by atoms with Gasteiger partial charge in [-0.3, -0.25) is 9.59 Å². The van der Waals surface area contributed by atoms with Gasteiger partial charge in [-0.05, 0) is 30.7 Å². The van der Waals surface area contributed by atoms with E-state index in [2.05, 4.69) is 26.6 Å². The Morgan fingerprint density at radius 3 is 2.74 bits per heavy atom. The zero-order valence-electron chi connectivity index (χ0n) is 12.5. The Kier molecular flexibility index (Phi) is 4.81. The average molecular weight is 377 g/mol. The van der Waals surface area contributed by atoms with E-state index >= 15 is 0 Å². The first-order chi connectivity index (χ1) is 11.1. The van der Waals surface area contributed by atoms with Crippen molar-refractivity contribution in [2.45, 2.75) is 19.4 Å². The molecule has 1 atom stereocenters. The van der Waals surface area contributed by atoms with Gasteiger partial charge in [0.25, 0.3) is 0 Å². The van der Waals surface area contributed by atoms with E-state index < -0.39 is 0 Å². The molecule has 2 amide bonds. The molecule has 2 N–H and O–H groups in total. The summed E-state index contributed by atoms with van der Waals surface area (Å²) in [4.78, 5) is 23.2. The van der Waals surface area contributed by atoms with Crippen LogP contribution >= 0.6 is 15.9 Å². The third kappa shape index (κ3) is 4.01. The van der Waals surface area contributed by atoms with Gasteiger partial charge in [-0.15, -0.1) is 0 Å². The second-order valence-electron chi connectivity index (χ2n) is 5.53. The van der Waals surface area contributed by atoms with Crippen LogP contribution in [-0.2, 0) is 16.1 Å². The molecule has 0 radical (unpaired) electrons. The van der Waals surface area contributed by atoms with Crippen LogP contribution < -0.4 is 10.6 Å². The van der Waals surface area contributed by atoms with Crippen LogP contribution in [-0.4, -0.2) is 18.4 Å². The fourth-order valence-electron chi connectivity index (χ4n) is 2.52. The Morgan fingerprint density at radius 2 is 2.04 bits per heavy atom. The normalized spacial score (nSPS) is 17.6. The first kappa shape index (κ1) is 15.8. The zero-order chi connectivity index (χ0) is 16.2. The molecule has 0 aliphatic carbocycles. The SMILES string of the molecule is O=C1CCC(C(=O)NCc2ccc(-c3ccc(Br)cc3)o2)CN1. The number of rotatable bonds is 4. The van der Waals surface area contributed by atoms with Crippen LogP contribution in [0.15, 0.2) is 45.3 Å². The molecule has 23 heavy (non-hydrogen) atoms. The molecule has 3 rings (SSSR count). The van der Waals surface area contributed by atoms with Gasteiger partial charge < -0.3 is 15.1 Å². The molecule has 1 aliphatic heterocycles. The Bertz CT molecular complexity index is 699. The van der Waals surface area contributed by atoms with E-state index in [4.69, 9.17) is 4.42 Å². The lowest BCUT2D eigenvalue weighted by Crippen LogP contribution is -2.42. The number of benzene rings is 1. The van der Waals surface area contributed by atoms with Gasteiger partial charge in [-0.1, -0.05) is 28.1 Å². The van der Waals surface area contributed by atoms with E-state index in [0.717, 1.165) is 15.8 Å². The Labute approximate surface area is 142 Å². The highest BCUT2D eigenvalue weighted by Crippen LogP contribution is 2.24. The average Bonchev–Trinajstić information content (AvgIpc) is 3.03. The van der Waals surface area contributed by atoms with Crippen molar-refractivity contribution in [1.29, 1.82) is 0 Å². The predicted octanol–water partition coefficient (Wildman–Crippen LogP) is 2.85. The molecular formula is C17H17BrN2O3. The minimum absolute atomic E-state index is 0.0132. The monoisotopic (exact) mass is 376 g/mol. The largest absolute Gasteiger partial charge is 0.459 e. The number of carbonyl (C=O) groups is 2. The lowest BCUT2D eigenvalue weighted by molar-refractivity contribution is -0.129. The molecule has 1 aliphatic rings. The summed E-state index contributed by atoms with van der Waals surface area (Å²) in [7, 11) is 0. The van der Waals surface area contributed by atoms with Gasteiger partial charge >= 0.3 is 0 Å². The van der Waals surface area contributed by atoms with Gasteiger partial charge in [0.2, 0.25) is 11.8 Å². The highest BCUT2D eigenvalue weighted by molar-refractivity contribution is 9.10. The summed E-state index contributed by atoms with van der Waals surface area (Å²) in [6, 6.07) is 11.6. The number of piperidine rings is 1. The summed E-state index contributed by atoms with van der Waals surface area (Å²) in [5.41, 5.74) is 0.987. The minimum Gasteiger partial charge on any atom is -0.459 e. The van der Waals surface area contributed by atoms with E-state index in [-0.39, 0.29) is 17.7 Å². The van der Waals surface area contributed by atoms with Crippen molar-refractivity contribution in [3.63, 3.8) is 0 Å². The Hall–Kier alpha value is -2.08. The van der Waals surface area contributed by atoms with Crippen molar-refractivity contribution >= 4 is 27.7 Å². The van der Waals surface area contributed by atoms with Crippen molar-refractivity contribution in [1.82, 2.24) is 10.6 Å². The number of nitrogens with one attached hydrogen (secondary N) is 2. The summed E-state index contributed by atoms with van der Waals surface area (Å²) >= 11 is 3.40. The fraction of sp³-hybridized carbons (Fsp3) is 0.294. The number of hydrogen-bond donors (Lipinski definition) is 2. The van der Waals surface area contributed by atoms with Gasteiger partial charge in [0.05, 0.1) is 12.5 Å². The Morgan fingerprint density at radius 1 is 1.26 bits per heavy atom. The number of furan rings is 1. The summed E-state index contributed by atoms with van der Waals surface area (Å²) in [5.74, 6) is 1.28. The number of carbonyl (C=O) groups excluding carboxylic acids is 2. The van der Waals surface area contributed by atoms with Gasteiger partial charge in [0, 0.05) is 23.0 Å². The summed E-state index contributed by atoms with van der Waals surface area (Å²) in [6.45, 7) is 0.757. The fourth-order valence-corrected chi connectivity index (χ4v) is 2.78. The van der Waals surface area contributed by atoms with Crippen molar-refractivity contribution < 1.29 is 14.0 Å². The van der Waals surface area contributed by atoms with Crippen molar-refractivity contribution in [2.75, 3.05) is 6.54 Å². The molecule has 6 heteroatoms. The third-order valence-electron chi connectivity index (χ3n) is 3.86. The summed E-state index contributed by atoms with van der Waals surface area (Å²) < 4.78 is 6.78. The molecule has 5 nitrogen and oxygen atoms in total. The maximum Gasteiger partial charge on any atom is 0.225 e. The van der Waals surface area contributed by atoms with Crippen LogP contribution in [0.1, 0.15) is 18.6 Å². The van der Waals surface area contributed by atoms with E-state index in [1.807, 2.05) is 36.4 Å². The number of halogens is 1. The summed E-state index contributed by atoms with van der Waals surface area (Å²) in [6.07, 6.45) is 1.01. The van der Waals surface area contributed by atoms with Gasteiger partial charge in [0.1, 0.15) is 11.5 Å². The molecule has 1 saturated heterocycles. The standard InChI is InChI=1S/C17H17BrN2O3/c18-13-4-1-11(2-5-13)15-7-6-14(23-15)10-20-17(22)12-3-8-16(21)19-9-12/h1-2,4-7,12H,3,8-10H2,(H,19,21)(H,20,22). The molecular weight excluding hydrogens is 360 g/mol. The van der Waals surface area contributed by atoms with Crippen LogP contribution in [0.2, 0.25) is 0 Å². The topological polar surface area (TPSA) is 71.3 Å². The van der Waals surface area contributed by atoms with Gasteiger partial charge in [-0.25, -0.2) is 0 Å². The molecule has 0 spiro atoms. The molecule has 2 heterocycles. The van der Waals surface area contributed by atoms with Crippen molar-refractivity contribution in [2.24, 2.45) is 5.92 Å². The maximum atomic E-state index is 12.1. The number of amides is 2. The quantitative estimate of drug-likeness (QED) is 0.861. The van der Waals surface area contributed by atoms with Crippen LogP contribution in [0.25, 0.3) is 11.3 Å². The summed E-state index contributed by atoms with van der Waals surface area (Å²) in [5, 5.41) is 5.58. The van der Waals surface area contributed by atoms with Gasteiger partial charge in [0.15, 0.2) is 0 Å². The molecule has 2 aromatic rings. The van der Waals surface area contributed by atoms with E-state index in [9.17, 15) is 9.59 Å². The highest BCUT2D eigenvalue weighted by Gasteiger charge is 2.24. The molecule has 120 valence electrons. The molecule has 1 aromatic carbocycles. The van der Waals surface area contributed by atoms with Crippen molar-refractivity contribution in [3.05, 3.63) is 46.6 Å². The molecule has 1 aromatic heterocycles. The predicted molar refractivity (Wildman–Crippen MR) is 89.4 cm³/mol. The van der Waals surface area contributed by atoms with Gasteiger partial charge in [-0.2, -0.15) is 0 Å². The lowest BCUT2D eigenvalue weighted by Gasteiger charge is -2.21. The minimum atomic E-state index is -0.159. The van der Waals surface area contributed by atoms with E-state index in [1.165, 1.54) is 0 Å². The van der Waals surface area contributed by atoms with Crippen LogP contribution in [0.4, 0.5) is 0 Å². The first-order valence-corrected chi connectivity index (χ1v) is 8.30. The van der Waals surface area contributed by atoms with E-state index in [0.29, 0.717) is 31.7 Å². The van der Waals surface area contributed by atoms with Crippen molar-refractivity contribution in [3.8, 4) is 11.3 Å².